The molecule has 1 aromatic carbocycles. The molecule has 0 unspecified atom stereocenters. The summed E-state index contributed by atoms with van der Waals surface area (Å²) in [5.41, 5.74) is 4.37. The van der Waals surface area contributed by atoms with Crippen LogP contribution in [-0.4, -0.2) is 19.5 Å². The molecule has 1 aromatic heterocycles. The Labute approximate surface area is 126 Å². The van der Waals surface area contributed by atoms with Gasteiger partial charge in [-0.25, -0.2) is 13.1 Å². The minimum atomic E-state index is -3.28. The zero-order valence-electron chi connectivity index (χ0n) is 12.8. The van der Waals surface area contributed by atoms with Gasteiger partial charge in [0.2, 0.25) is 10.0 Å². The topological polar surface area (TPSA) is 51.1 Å². The third-order valence-corrected chi connectivity index (χ3v) is 5.15. The van der Waals surface area contributed by atoms with E-state index in [1.54, 1.807) is 0 Å². The molecule has 1 N–H and O–H groups in total. The van der Waals surface area contributed by atoms with Crippen molar-refractivity contribution in [2.75, 3.05) is 6.54 Å². The summed E-state index contributed by atoms with van der Waals surface area (Å²) in [4.78, 5) is 0. The van der Waals surface area contributed by atoms with Crippen molar-refractivity contribution in [1.82, 2.24) is 9.29 Å². The second-order valence-corrected chi connectivity index (χ2v) is 7.15. The van der Waals surface area contributed by atoms with E-state index < -0.39 is 10.0 Å². The lowest BCUT2D eigenvalue weighted by Crippen LogP contribution is -2.27. The fraction of sp³-hybridized carbons (Fsp3) is 0.375. The predicted molar refractivity (Wildman–Crippen MR) is 85.7 cm³/mol. The van der Waals surface area contributed by atoms with Crippen LogP contribution >= 0.6 is 0 Å². The van der Waals surface area contributed by atoms with Gasteiger partial charge in [-0.05, 0) is 37.5 Å². The minimum absolute atomic E-state index is 0.0284. The van der Waals surface area contributed by atoms with E-state index in [0.717, 1.165) is 5.56 Å². The summed E-state index contributed by atoms with van der Waals surface area (Å²) in [5, 5.41) is 0. The van der Waals surface area contributed by atoms with Gasteiger partial charge in [-0.3, -0.25) is 0 Å². The molecule has 114 valence electrons. The molecule has 0 saturated carbocycles. The number of sulfonamides is 1. The lowest BCUT2D eigenvalue weighted by Gasteiger charge is -2.07. The highest BCUT2D eigenvalue weighted by Crippen LogP contribution is 2.13. The van der Waals surface area contributed by atoms with Crippen LogP contribution in [0.3, 0.4) is 0 Å². The fourth-order valence-corrected chi connectivity index (χ4v) is 3.52. The van der Waals surface area contributed by atoms with Crippen LogP contribution in [0.1, 0.15) is 22.5 Å². The summed E-state index contributed by atoms with van der Waals surface area (Å²) < 4.78 is 28.9. The first-order chi connectivity index (χ1) is 9.89. The van der Waals surface area contributed by atoms with Gasteiger partial charge in [0.25, 0.3) is 0 Å². The molecule has 0 fully saturated rings. The third-order valence-electron chi connectivity index (χ3n) is 3.80. The molecule has 0 amide bonds. The molecule has 2 aromatic rings. The van der Waals surface area contributed by atoms with Gasteiger partial charge in [-0.2, -0.15) is 0 Å². The van der Waals surface area contributed by atoms with Gasteiger partial charge in [-0.1, -0.05) is 30.3 Å². The summed E-state index contributed by atoms with van der Waals surface area (Å²) >= 11 is 0. The Morgan fingerprint density at radius 2 is 1.81 bits per heavy atom. The van der Waals surface area contributed by atoms with Crippen LogP contribution in [0.15, 0.2) is 36.4 Å². The summed E-state index contributed by atoms with van der Waals surface area (Å²) in [6, 6.07) is 11.3. The van der Waals surface area contributed by atoms with E-state index in [1.165, 1.54) is 17.0 Å². The number of nitrogens with zero attached hydrogens (tertiary/aromatic N) is 1. The zero-order chi connectivity index (χ0) is 15.5. The lowest BCUT2D eigenvalue weighted by molar-refractivity contribution is 0.580. The number of aromatic nitrogens is 1. The summed E-state index contributed by atoms with van der Waals surface area (Å²) in [6.07, 6.45) is 0.710. The van der Waals surface area contributed by atoms with Crippen LogP contribution in [-0.2, 0) is 29.2 Å². The number of rotatable bonds is 6. The van der Waals surface area contributed by atoms with Crippen LogP contribution in [0.2, 0.25) is 0 Å². The maximum absolute atomic E-state index is 12.0. The molecule has 21 heavy (non-hydrogen) atoms. The lowest BCUT2D eigenvalue weighted by atomic mass is 10.2. The molecule has 5 heteroatoms. The van der Waals surface area contributed by atoms with Crippen LogP contribution < -0.4 is 4.72 Å². The van der Waals surface area contributed by atoms with Crippen LogP contribution in [0.25, 0.3) is 0 Å². The second-order valence-electron chi connectivity index (χ2n) is 5.34. The van der Waals surface area contributed by atoms with E-state index in [2.05, 4.69) is 29.2 Å². The molecule has 0 spiro atoms. The molecule has 0 aliphatic rings. The quantitative estimate of drug-likeness (QED) is 0.890. The van der Waals surface area contributed by atoms with Crippen molar-refractivity contribution in [3.05, 3.63) is 58.9 Å². The number of benzene rings is 1. The maximum Gasteiger partial charge on any atom is 0.215 e. The number of aryl methyl sites for hydroxylation is 1. The van der Waals surface area contributed by atoms with E-state index in [0.29, 0.717) is 13.0 Å². The Bertz CT molecular complexity index is 703. The molecule has 1 heterocycles. The third kappa shape index (κ3) is 4.19. The Morgan fingerprint density at radius 3 is 2.38 bits per heavy atom. The predicted octanol–water partition coefficient (Wildman–Crippen LogP) is 2.30. The highest BCUT2D eigenvalue weighted by atomic mass is 32.2. The van der Waals surface area contributed by atoms with E-state index in [1.807, 2.05) is 37.4 Å². The Hall–Kier alpha value is -1.59. The highest BCUT2D eigenvalue weighted by molar-refractivity contribution is 7.88. The number of hydrogen-bond acceptors (Lipinski definition) is 2. The van der Waals surface area contributed by atoms with Gasteiger partial charge >= 0.3 is 0 Å². The Balaban J connectivity index is 1.92. The van der Waals surface area contributed by atoms with Gasteiger partial charge < -0.3 is 4.57 Å². The standard InChI is InChI=1S/C16H22N2O2S/c1-13-11-16(14(2)18(13)3)9-10-17-21(19,20)12-15-7-5-4-6-8-15/h4-8,11,17H,9-10,12H2,1-3H3. The molecular formula is C16H22N2O2S. The Morgan fingerprint density at radius 1 is 1.14 bits per heavy atom. The van der Waals surface area contributed by atoms with Crippen molar-refractivity contribution in [2.45, 2.75) is 26.0 Å². The summed E-state index contributed by atoms with van der Waals surface area (Å²) in [7, 11) is -1.26. The fourth-order valence-electron chi connectivity index (χ4n) is 2.37. The van der Waals surface area contributed by atoms with Crippen molar-refractivity contribution >= 4 is 10.0 Å². The number of nitrogens with one attached hydrogen (secondary N) is 1. The summed E-state index contributed by atoms with van der Waals surface area (Å²) in [6.45, 7) is 4.54. The molecule has 2 rings (SSSR count). The van der Waals surface area contributed by atoms with Crippen LogP contribution in [0.4, 0.5) is 0 Å². The molecule has 0 bridgehead atoms. The Kier molecular flexibility index (Phi) is 4.85. The molecule has 0 atom stereocenters. The molecule has 0 aliphatic carbocycles. The molecule has 0 saturated heterocycles. The van der Waals surface area contributed by atoms with Gasteiger partial charge in [0.05, 0.1) is 5.75 Å². The van der Waals surface area contributed by atoms with Crippen molar-refractivity contribution in [2.24, 2.45) is 7.05 Å². The van der Waals surface area contributed by atoms with E-state index in [-0.39, 0.29) is 5.75 Å². The van der Waals surface area contributed by atoms with E-state index in [4.69, 9.17) is 0 Å². The van der Waals surface area contributed by atoms with Crippen LogP contribution in [0, 0.1) is 13.8 Å². The first kappa shape index (κ1) is 15.8. The average Bonchev–Trinajstić information content (AvgIpc) is 2.67. The van der Waals surface area contributed by atoms with Crippen molar-refractivity contribution < 1.29 is 8.42 Å². The first-order valence-corrected chi connectivity index (χ1v) is 8.67. The van der Waals surface area contributed by atoms with Crippen molar-refractivity contribution in [3.8, 4) is 0 Å². The first-order valence-electron chi connectivity index (χ1n) is 7.02. The molecular weight excluding hydrogens is 284 g/mol. The maximum atomic E-state index is 12.0. The van der Waals surface area contributed by atoms with Gasteiger partial charge in [0.15, 0.2) is 0 Å². The smallest absolute Gasteiger partial charge is 0.215 e. The van der Waals surface area contributed by atoms with Gasteiger partial charge in [0, 0.05) is 25.0 Å². The molecule has 0 radical (unpaired) electrons. The normalized spacial score (nSPS) is 11.8. The number of hydrogen-bond donors (Lipinski definition) is 1. The van der Waals surface area contributed by atoms with E-state index in [9.17, 15) is 8.42 Å². The van der Waals surface area contributed by atoms with Crippen molar-refractivity contribution in [1.29, 1.82) is 0 Å². The minimum Gasteiger partial charge on any atom is -0.352 e. The zero-order valence-corrected chi connectivity index (χ0v) is 13.6. The second kappa shape index (κ2) is 6.45. The molecule has 0 aliphatic heterocycles. The van der Waals surface area contributed by atoms with E-state index >= 15 is 0 Å². The molecule has 4 nitrogen and oxygen atoms in total. The monoisotopic (exact) mass is 306 g/mol. The van der Waals surface area contributed by atoms with Gasteiger partial charge in [0.1, 0.15) is 0 Å². The largest absolute Gasteiger partial charge is 0.352 e. The highest BCUT2D eigenvalue weighted by Gasteiger charge is 2.12. The summed E-state index contributed by atoms with van der Waals surface area (Å²) in [5.74, 6) is 0.0284. The average molecular weight is 306 g/mol. The van der Waals surface area contributed by atoms with Crippen molar-refractivity contribution in [3.63, 3.8) is 0 Å². The van der Waals surface area contributed by atoms with Crippen LogP contribution in [0.5, 0.6) is 0 Å². The van der Waals surface area contributed by atoms with Gasteiger partial charge in [-0.15, -0.1) is 0 Å². The SMILES string of the molecule is Cc1cc(CCNS(=O)(=O)Cc2ccccc2)c(C)n1C.